The molecular formula is C44H54N2O9S. The van der Waals surface area contributed by atoms with E-state index in [0.717, 1.165) is 54.0 Å². The molecule has 4 aliphatic heterocycles. The third kappa shape index (κ3) is 9.11. The molecule has 300 valence electrons. The number of nitrogens with one attached hydrogen (secondary N) is 2. The first-order valence-corrected chi connectivity index (χ1v) is 21.8. The van der Waals surface area contributed by atoms with Gasteiger partial charge in [0.2, 0.25) is 11.7 Å². The van der Waals surface area contributed by atoms with Crippen LogP contribution in [-0.4, -0.2) is 62.5 Å². The van der Waals surface area contributed by atoms with Crippen LogP contribution in [0.3, 0.4) is 0 Å². The summed E-state index contributed by atoms with van der Waals surface area (Å²) >= 11 is 0. The van der Waals surface area contributed by atoms with Gasteiger partial charge in [0.05, 0.1) is 6.61 Å². The molecule has 2 N–H and O–H groups in total. The molecule has 4 heterocycles. The summed E-state index contributed by atoms with van der Waals surface area (Å²) in [5.74, 6) is -0.756. The fraction of sp³-hybridized carbons (Fsp3) is 0.500. The summed E-state index contributed by atoms with van der Waals surface area (Å²) in [5.41, 5.74) is 2.52. The molecule has 5 aliphatic rings. The predicted molar refractivity (Wildman–Crippen MR) is 210 cm³/mol. The van der Waals surface area contributed by atoms with Gasteiger partial charge in [-0.1, -0.05) is 92.7 Å². The summed E-state index contributed by atoms with van der Waals surface area (Å²) in [7, 11) is -3.43. The standard InChI is InChI=1S/C44H54N2O9S/c1-29-15-22-37-30(2)41(52-42-44(37)36(29)23-25-43(3,53-42)54-55-44)51-28-33-16-19-34(20-17-33)39(47)46-38(27-32-13-9-6-10-14-32)40(48)45-35(24-26-56(4,49)50)21-18-31-11-7-5-8-12-31/h5-14,16-17,19-20,24,26,29-30,35-38,41-42H,15,18,21-23,25,27-28H2,1-4H3,(H,45,48)(H,46,47)/b26-24+/t29-,30-,35+,36+,37+,38+,41+,42-,43-,44-/m1/s1. The zero-order valence-electron chi connectivity index (χ0n) is 32.6. The van der Waals surface area contributed by atoms with E-state index < -0.39 is 57.7 Å². The van der Waals surface area contributed by atoms with Crippen molar-refractivity contribution in [1.29, 1.82) is 0 Å². The summed E-state index contributed by atoms with van der Waals surface area (Å²) in [6, 6.07) is 24.8. The highest BCUT2D eigenvalue weighted by atomic mass is 32.2. The topological polar surface area (TPSA) is 138 Å². The lowest BCUT2D eigenvalue weighted by atomic mass is 9.58. The third-order valence-electron chi connectivity index (χ3n) is 12.1. The van der Waals surface area contributed by atoms with Gasteiger partial charge in [0.1, 0.15) is 6.04 Å². The molecule has 1 saturated carbocycles. The molecular weight excluding hydrogens is 733 g/mol. The highest BCUT2D eigenvalue weighted by Gasteiger charge is 2.69. The number of fused-ring (bicyclic) bond motifs is 2. The van der Waals surface area contributed by atoms with Crippen LogP contribution < -0.4 is 10.6 Å². The van der Waals surface area contributed by atoms with Crippen LogP contribution in [0.15, 0.2) is 96.4 Å². The molecule has 0 unspecified atom stereocenters. The SMILES string of the molecule is C[C@H]1[C@@H](OCc2ccc(C(=O)N[C@@H](Cc3ccccc3)C(=O)N[C@H](/C=C/S(C)(=O)=O)CCc3ccccc3)cc2)O[C@@H]2O[C@@]3(C)CC[C@H]4[C@H](C)CC[C@@H]1[C@@]24OO3. The van der Waals surface area contributed by atoms with Gasteiger partial charge in [-0.15, -0.1) is 0 Å². The Morgan fingerprint density at radius 1 is 0.875 bits per heavy atom. The maximum atomic E-state index is 13.9. The maximum Gasteiger partial charge on any atom is 0.251 e. The molecule has 0 aromatic heterocycles. The van der Waals surface area contributed by atoms with Gasteiger partial charge >= 0.3 is 0 Å². The number of amides is 2. The lowest BCUT2D eigenvalue weighted by Gasteiger charge is -2.60. The Labute approximate surface area is 330 Å². The number of hydrogen-bond donors (Lipinski definition) is 2. The number of benzene rings is 3. The van der Waals surface area contributed by atoms with Crippen LogP contribution in [0.5, 0.6) is 0 Å². The van der Waals surface area contributed by atoms with E-state index in [1.807, 2.05) is 79.7 Å². The molecule has 8 rings (SSSR count). The van der Waals surface area contributed by atoms with E-state index in [4.69, 9.17) is 24.0 Å². The zero-order chi connectivity index (χ0) is 39.5. The molecule has 5 fully saturated rings. The van der Waals surface area contributed by atoms with E-state index >= 15 is 0 Å². The van der Waals surface area contributed by atoms with E-state index in [2.05, 4.69) is 24.5 Å². The average molecular weight is 787 g/mol. The van der Waals surface area contributed by atoms with E-state index in [-0.39, 0.29) is 30.8 Å². The number of carbonyl (C=O) groups is 2. The second-order valence-electron chi connectivity index (χ2n) is 16.3. The Bertz CT molecular complexity index is 1960. The van der Waals surface area contributed by atoms with Gasteiger partial charge in [0, 0.05) is 47.9 Å². The van der Waals surface area contributed by atoms with Crippen molar-refractivity contribution in [3.8, 4) is 0 Å². The van der Waals surface area contributed by atoms with Crippen molar-refractivity contribution in [2.75, 3.05) is 6.26 Å². The van der Waals surface area contributed by atoms with Gasteiger partial charge in [-0.3, -0.25) is 9.59 Å². The second-order valence-corrected chi connectivity index (χ2v) is 18.2. The molecule has 1 aliphatic carbocycles. The van der Waals surface area contributed by atoms with Gasteiger partial charge in [-0.25, -0.2) is 18.2 Å². The van der Waals surface area contributed by atoms with E-state index in [1.165, 1.54) is 6.08 Å². The van der Waals surface area contributed by atoms with Crippen LogP contribution in [0.2, 0.25) is 0 Å². The summed E-state index contributed by atoms with van der Waals surface area (Å²) in [6.45, 7) is 6.62. The Morgan fingerprint density at radius 2 is 1.57 bits per heavy atom. The molecule has 10 atom stereocenters. The smallest absolute Gasteiger partial charge is 0.251 e. The van der Waals surface area contributed by atoms with E-state index in [1.54, 1.807) is 12.1 Å². The molecule has 3 aromatic rings. The molecule has 12 heteroatoms. The molecule has 56 heavy (non-hydrogen) atoms. The highest BCUT2D eigenvalue weighted by Crippen LogP contribution is 2.60. The predicted octanol–water partition coefficient (Wildman–Crippen LogP) is 6.43. The van der Waals surface area contributed by atoms with Gasteiger partial charge in [-0.2, -0.15) is 0 Å². The highest BCUT2D eigenvalue weighted by molar-refractivity contribution is 7.93. The van der Waals surface area contributed by atoms with Crippen LogP contribution in [0, 0.1) is 23.7 Å². The first-order valence-electron chi connectivity index (χ1n) is 19.8. The summed E-state index contributed by atoms with van der Waals surface area (Å²) in [6.07, 6.45) is 6.62. The molecule has 4 saturated heterocycles. The second kappa shape index (κ2) is 16.9. The lowest BCUT2D eigenvalue weighted by molar-refractivity contribution is -0.577. The van der Waals surface area contributed by atoms with Crippen molar-refractivity contribution in [1.82, 2.24) is 10.6 Å². The van der Waals surface area contributed by atoms with Gasteiger partial charge in [-0.05, 0) is 79.7 Å². The first kappa shape index (κ1) is 40.3. The van der Waals surface area contributed by atoms with Crippen molar-refractivity contribution < 1.29 is 42.0 Å². The summed E-state index contributed by atoms with van der Waals surface area (Å²) < 4.78 is 43.4. The molecule has 1 spiro atoms. The minimum absolute atomic E-state index is 0.0356. The Hall–Kier alpha value is -3.91. The van der Waals surface area contributed by atoms with Crippen molar-refractivity contribution >= 4 is 21.7 Å². The molecule has 3 aromatic carbocycles. The molecule has 0 radical (unpaired) electrons. The fourth-order valence-corrected chi connectivity index (χ4v) is 9.47. The third-order valence-corrected chi connectivity index (χ3v) is 12.8. The van der Waals surface area contributed by atoms with Crippen LogP contribution >= 0.6 is 0 Å². The summed E-state index contributed by atoms with van der Waals surface area (Å²) in [4.78, 5) is 39.7. The van der Waals surface area contributed by atoms with Crippen molar-refractivity contribution in [2.24, 2.45) is 23.7 Å². The van der Waals surface area contributed by atoms with E-state index in [9.17, 15) is 18.0 Å². The van der Waals surface area contributed by atoms with Gasteiger partial charge in [0.15, 0.2) is 28.0 Å². The fourth-order valence-electron chi connectivity index (χ4n) is 9.00. The van der Waals surface area contributed by atoms with Gasteiger partial charge in [0.25, 0.3) is 5.91 Å². The Kier molecular flexibility index (Phi) is 12.2. The van der Waals surface area contributed by atoms with Gasteiger partial charge < -0.3 is 24.8 Å². The van der Waals surface area contributed by atoms with Crippen LogP contribution in [-0.2, 0) is 58.1 Å². The molecule has 2 bridgehead atoms. The van der Waals surface area contributed by atoms with Crippen LogP contribution in [0.4, 0.5) is 0 Å². The normalized spacial score (nSPS) is 30.9. The van der Waals surface area contributed by atoms with Crippen molar-refractivity contribution in [2.45, 2.75) is 108 Å². The number of rotatable bonds is 14. The van der Waals surface area contributed by atoms with E-state index in [0.29, 0.717) is 24.3 Å². The minimum atomic E-state index is -3.43. The molecule has 11 nitrogen and oxygen atoms in total. The quantitative estimate of drug-likeness (QED) is 0.177. The Morgan fingerprint density at radius 3 is 2.27 bits per heavy atom. The number of sulfone groups is 1. The Balaban J connectivity index is 1.00. The lowest BCUT2D eigenvalue weighted by Crippen LogP contribution is -2.70. The number of hydrogen-bond acceptors (Lipinski definition) is 9. The average Bonchev–Trinajstić information content (AvgIpc) is 3.42. The monoisotopic (exact) mass is 786 g/mol. The van der Waals surface area contributed by atoms with Crippen molar-refractivity contribution in [3.05, 3.63) is 119 Å². The van der Waals surface area contributed by atoms with Crippen LogP contribution in [0.1, 0.15) is 79.9 Å². The molecule has 2 amide bonds. The summed E-state index contributed by atoms with van der Waals surface area (Å²) in [5, 5.41) is 7.03. The first-order chi connectivity index (χ1) is 26.8. The van der Waals surface area contributed by atoms with Crippen LogP contribution in [0.25, 0.3) is 0 Å². The maximum absolute atomic E-state index is 13.9. The zero-order valence-corrected chi connectivity index (χ0v) is 33.4. The number of ether oxygens (including phenoxy) is 3. The number of carbonyl (C=O) groups excluding carboxylic acids is 2. The minimum Gasteiger partial charge on any atom is -0.348 e. The van der Waals surface area contributed by atoms with Crippen molar-refractivity contribution in [3.63, 3.8) is 0 Å². The number of aryl methyl sites for hydroxylation is 1. The largest absolute Gasteiger partial charge is 0.348 e.